The fourth-order valence-corrected chi connectivity index (χ4v) is 2.33. The molecule has 0 saturated heterocycles. The van der Waals surface area contributed by atoms with Crippen LogP contribution in [-0.4, -0.2) is 25.9 Å². The maximum Gasteiger partial charge on any atom is 0.343 e. The van der Waals surface area contributed by atoms with Crippen LogP contribution in [0.25, 0.3) is 0 Å². The van der Waals surface area contributed by atoms with Gasteiger partial charge in [0.25, 0.3) is 0 Å². The summed E-state index contributed by atoms with van der Waals surface area (Å²) in [6.45, 7) is 0.305. The van der Waals surface area contributed by atoms with Crippen molar-refractivity contribution in [3.63, 3.8) is 0 Å². The van der Waals surface area contributed by atoms with E-state index in [1.165, 1.54) is 7.11 Å². The molecule has 0 aliphatic rings. The van der Waals surface area contributed by atoms with Crippen molar-refractivity contribution in [3.05, 3.63) is 63.6 Å². The molecule has 0 saturated carbocycles. The van der Waals surface area contributed by atoms with E-state index in [1.54, 1.807) is 36.5 Å². The number of carbonyl (C=O) groups is 1. The molecule has 0 bridgehead atoms. The van der Waals surface area contributed by atoms with Gasteiger partial charge in [0.05, 0.1) is 19.9 Å². The highest BCUT2D eigenvalue weighted by atomic mass is 35.5. The van der Waals surface area contributed by atoms with Crippen molar-refractivity contribution in [2.75, 3.05) is 13.7 Å². The molecule has 2 aromatic carbocycles. The zero-order chi connectivity index (χ0) is 17.4. The number of hydrazone groups is 1. The van der Waals surface area contributed by atoms with Crippen LogP contribution < -0.4 is 10.2 Å². The Balaban J connectivity index is 1.85. The number of nitrogens with one attached hydrogen (secondary N) is 1. The van der Waals surface area contributed by atoms with Crippen LogP contribution in [0, 0.1) is 0 Å². The Morgan fingerprint density at radius 3 is 2.46 bits per heavy atom. The van der Waals surface area contributed by atoms with Crippen molar-refractivity contribution >= 4 is 35.4 Å². The predicted molar refractivity (Wildman–Crippen MR) is 94.8 cm³/mol. The van der Waals surface area contributed by atoms with Gasteiger partial charge in [-0.3, -0.25) is 0 Å². The third kappa shape index (κ3) is 5.44. The lowest BCUT2D eigenvalue weighted by Gasteiger charge is -2.06. The van der Waals surface area contributed by atoms with Gasteiger partial charge >= 0.3 is 5.97 Å². The number of benzene rings is 2. The van der Waals surface area contributed by atoms with Crippen molar-refractivity contribution in [3.8, 4) is 5.75 Å². The number of nitrogens with zero attached hydrogens (tertiary/aromatic N) is 1. The number of halogens is 2. The Labute approximate surface area is 150 Å². The van der Waals surface area contributed by atoms with Crippen LogP contribution in [0.1, 0.15) is 11.1 Å². The summed E-state index contributed by atoms with van der Waals surface area (Å²) in [7, 11) is 1.31. The fraction of sp³-hybridized carbons (Fsp3) is 0.176. The summed E-state index contributed by atoms with van der Waals surface area (Å²) in [5, 5.41) is 5.32. The van der Waals surface area contributed by atoms with Crippen LogP contribution in [0.5, 0.6) is 5.75 Å². The molecular weight excluding hydrogens is 351 g/mol. The third-order valence-corrected chi connectivity index (χ3v) is 3.80. The van der Waals surface area contributed by atoms with Crippen LogP contribution in [0.15, 0.2) is 47.6 Å². The molecule has 0 spiro atoms. The van der Waals surface area contributed by atoms with E-state index in [4.69, 9.17) is 27.9 Å². The van der Waals surface area contributed by atoms with Gasteiger partial charge in [-0.05, 0) is 42.0 Å². The third-order valence-electron chi connectivity index (χ3n) is 3.09. The number of hydrogen-bond acceptors (Lipinski definition) is 5. The smallest absolute Gasteiger partial charge is 0.343 e. The van der Waals surface area contributed by atoms with E-state index in [2.05, 4.69) is 15.3 Å². The van der Waals surface area contributed by atoms with Crippen LogP contribution in [-0.2, 0) is 16.1 Å². The second kappa shape index (κ2) is 9.15. The first kappa shape index (κ1) is 18.1. The van der Waals surface area contributed by atoms with Gasteiger partial charge in [0.1, 0.15) is 5.75 Å². The molecule has 126 valence electrons. The minimum absolute atomic E-state index is 0.121. The van der Waals surface area contributed by atoms with Gasteiger partial charge in [-0.25, -0.2) is 4.79 Å². The van der Waals surface area contributed by atoms with Crippen molar-refractivity contribution in [1.29, 1.82) is 0 Å². The molecule has 0 radical (unpaired) electrons. The van der Waals surface area contributed by atoms with E-state index in [-0.39, 0.29) is 6.61 Å². The van der Waals surface area contributed by atoms with Crippen LogP contribution in [0.3, 0.4) is 0 Å². The number of esters is 1. The van der Waals surface area contributed by atoms with E-state index in [0.717, 1.165) is 11.1 Å². The molecule has 7 heteroatoms. The Bertz CT molecular complexity index is 698. The molecule has 0 atom stereocenters. The second-order valence-electron chi connectivity index (χ2n) is 4.73. The van der Waals surface area contributed by atoms with Crippen LogP contribution in [0.4, 0.5) is 0 Å². The molecule has 1 N–H and O–H groups in total. The van der Waals surface area contributed by atoms with Gasteiger partial charge in [-0.1, -0.05) is 29.3 Å². The lowest BCUT2D eigenvalue weighted by Crippen LogP contribution is -2.12. The van der Waals surface area contributed by atoms with E-state index >= 15 is 0 Å². The highest BCUT2D eigenvalue weighted by molar-refractivity contribution is 6.35. The average molecular weight is 367 g/mol. The summed E-state index contributed by atoms with van der Waals surface area (Å²) in [4.78, 5) is 11.0. The standard InChI is InChI=1S/C17H16Cl2N2O3/c1-23-17(22)11-24-13-7-5-12(6-8-13)9-20-21-10-14-15(18)3-2-4-16(14)19/h2-9,21H,10-11H2,1H3/b20-9-. The molecule has 2 rings (SSSR count). The number of ether oxygens (including phenoxy) is 2. The van der Waals surface area contributed by atoms with Crippen molar-refractivity contribution in [1.82, 2.24) is 5.43 Å². The van der Waals surface area contributed by atoms with Crippen LogP contribution >= 0.6 is 23.2 Å². The zero-order valence-electron chi connectivity index (χ0n) is 13.0. The molecule has 24 heavy (non-hydrogen) atoms. The SMILES string of the molecule is COC(=O)COc1ccc(/C=N\NCc2c(Cl)cccc2Cl)cc1. The Morgan fingerprint density at radius 1 is 1.17 bits per heavy atom. The average Bonchev–Trinajstić information content (AvgIpc) is 2.59. The number of carbonyl (C=O) groups excluding carboxylic acids is 1. The van der Waals surface area contributed by atoms with E-state index in [1.807, 2.05) is 12.1 Å². The van der Waals surface area contributed by atoms with Gasteiger partial charge in [0.2, 0.25) is 0 Å². The molecule has 0 aliphatic carbocycles. The summed E-state index contributed by atoms with van der Waals surface area (Å²) in [5.41, 5.74) is 4.57. The summed E-state index contributed by atoms with van der Waals surface area (Å²) in [6.07, 6.45) is 1.66. The number of hydrogen-bond donors (Lipinski definition) is 1. The largest absolute Gasteiger partial charge is 0.482 e. The lowest BCUT2D eigenvalue weighted by molar-refractivity contribution is -0.142. The second-order valence-corrected chi connectivity index (χ2v) is 5.54. The minimum atomic E-state index is -0.428. The Kier molecular flexibility index (Phi) is 6.90. The summed E-state index contributed by atoms with van der Waals surface area (Å²) < 4.78 is 9.76. The summed E-state index contributed by atoms with van der Waals surface area (Å²) in [6, 6.07) is 12.5. The van der Waals surface area contributed by atoms with Gasteiger partial charge in [-0.15, -0.1) is 0 Å². The summed E-state index contributed by atoms with van der Waals surface area (Å²) in [5.74, 6) is 0.149. The van der Waals surface area contributed by atoms with E-state index < -0.39 is 5.97 Å². The monoisotopic (exact) mass is 366 g/mol. The summed E-state index contributed by atoms with van der Waals surface area (Å²) >= 11 is 12.2. The first-order valence-corrected chi connectivity index (χ1v) is 7.84. The minimum Gasteiger partial charge on any atom is -0.482 e. The highest BCUT2D eigenvalue weighted by Crippen LogP contribution is 2.23. The molecule has 0 amide bonds. The fourth-order valence-electron chi connectivity index (χ4n) is 1.80. The van der Waals surface area contributed by atoms with Gasteiger partial charge in [-0.2, -0.15) is 5.10 Å². The molecule has 2 aromatic rings. The van der Waals surface area contributed by atoms with E-state index in [0.29, 0.717) is 22.3 Å². The number of rotatable bonds is 7. The molecular formula is C17H16Cl2N2O3. The van der Waals surface area contributed by atoms with Crippen molar-refractivity contribution < 1.29 is 14.3 Å². The van der Waals surface area contributed by atoms with Crippen molar-refractivity contribution in [2.24, 2.45) is 5.10 Å². The molecule has 0 aromatic heterocycles. The van der Waals surface area contributed by atoms with Crippen LogP contribution in [0.2, 0.25) is 10.0 Å². The molecule has 0 aliphatic heterocycles. The van der Waals surface area contributed by atoms with E-state index in [9.17, 15) is 4.79 Å². The highest BCUT2D eigenvalue weighted by Gasteiger charge is 2.04. The topological polar surface area (TPSA) is 59.9 Å². The Hall–Kier alpha value is -2.24. The molecule has 0 unspecified atom stereocenters. The molecule has 0 fully saturated rings. The normalized spacial score (nSPS) is 10.6. The first-order chi connectivity index (χ1) is 11.6. The number of methoxy groups -OCH3 is 1. The maximum atomic E-state index is 11.0. The lowest BCUT2D eigenvalue weighted by atomic mass is 10.2. The predicted octanol–water partition coefficient (Wildman–Crippen LogP) is 3.67. The van der Waals surface area contributed by atoms with Gasteiger partial charge in [0, 0.05) is 15.6 Å². The van der Waals surface area contributed by atoms with Gasteiger partial charge < -0.3 is 14.9 Å². The van der Waals surface area contributed by atoms with Gasteiger partial charge in [0.15, 0.2) is 6.61 Å². The Morgan fingerprint density at radius 2 is 1.83 bits per heavy atom. The maximum absolute atomic E-state index is 11.0. The quantitative estimate of drug-likeness (QED) is 0.461. The first-order valence-electron chi connectivity index (χ1n) is 7.08. The van der Waals surface area contributed by atoms with Crippen molar-refractivity contribution in [2.45, 2.75) is 6.54 Å². The zero-order valence-corrected chi connectivity index (χ0v) is 14.5. The molecule has 5 nitrogen and oxygen atoms in total. The molecule has 0 heterocycles.